The summed E-state index contributed by atoms with van der Waals surface area (Å²) in [5, 5.41) is 10.3. The maximum absolute atomic E-state index is 12.4. The predicted octanol–water partition coefficient (Wildman–Crippen LogP) is 1.86. The Morgan fingerprint density at radius 1 is 1.33 bits per heavy atom. The monoisotopic (exact) mass is 266 g/mol. The number of hydrogen-bond donors (Lipinski definition) is 1. The third-order valence-corrected chi connectivity index (χ3v) is 4.11. The maximum atomic E-state index is 12.4. The van der Waals surface area contributed by atoms with Crippen molar-refractivity contribution in [2.45, 2.75) is 43.9 Å². The normalized spacial score (nSPS) is 30.6. The lowest BCUT2D eigenvalue weighted by Gasteiger charge is -2.36. The Labute approximate surface area is 111 Å². The number of aliphatic hydroxyl groups is 1. The number of piperidine rings is 1. The van der Waals surface area contributed by atoms with Gasteiger partial charge >= 0.3 is 0 Å². The number of halogens is 1. The number of fused-ring (bicyclic) bond motifs is 2. The van der Waals surface area contributed by atoms with E-state index in [9.17, 15) is 9.90 Å². The first-order valence-electron chi connectivity index (χ1n) is 6.27. The molecule has 2 saturated heterocycles. The summed E-state index contributed by atoms with van der Waals surface area (Å²) in [5.41, 5.74) is 0.438. The molecule has 1 aromatic heterocycles. The molecule has 0 spiro atoms. The number of carbonyl (C=O) groups is 1. The van der Waals surface area contributed by atoms with Gasteiger partial charge in [0.2, 0.25) is 0 Å². The van der Waals surface area contributed by atoms with Gasteiger partial charge in [-0.3, -0.25) is 4.79 Å². The van der Waals surface area contributed by atoms with E-state index >= 15 is 0 Å². The lowest BCUT2D eigenvalue weighted by molar-refractivity contribution is 0.0282. The summed E-state index contributed by atoms with van der Waals surface area (Å²) in [4.78, 5) is 18.4. The fourth-order valence-electron chi connectivity index (χ4n) is 3.11. The van der Waals surface area contributed by atoms with Gasteiger partial charge in [-0.15, -0.1) is 0 Å². The van der Waals surface area contributed by atoms with E-state index in [1.165, 1.54) is 6.20 Å². The SMILES string of the molecule is O=C(c1ccc(Cl)cn1)N1C2CCC1CC(O)C2. The number of carbonyl (C=O) groups excluding carboxylic acids is 1. The molecule has 0 aromatic carbocycles. The van der Waals surface area contributed by atoms with Gasteiger partial charge in [0.05, 0.1) is 11.1 Å². The van der Waals surface area contributed by atoms with Crippen LogP contribution in [0.25, 0.3) is 0 Å². The zero-order valence-corrected chi connectivity index (χ0v) is 10.7. The van der Waals surface area contributed by atoms with Gasteiger partial charge in [-0.25, -0.2) is 4.98 Å². The molecule has 2 aliphatic rings. The van der Waals surface area contributed by atoms with Crippen molar-refractivity contribution < 1.29 is 9.90 Å². The highest BCUT2D eigenvalue weighted by atomic mass is 35.5. The predicted molar refractivity (Wildman–Crippen MR) is 67.5 cm³/mol. The Balaban J connectivity index is 1.83. The van der Waals surface area contributed by atoms with Crippen LogP contribution in [0, 0.1) is 0 Å². The van der Waals surface area contributed by atoms with Crippen LogP contribution < -0.4 is 0 Å². The molecule has 1 amide bonds. The van der Waals surface area contributed by atoms with Crippen LogP contribution in [0.3, 0.4) is 0 Å². The van der Waals surface area contributed by atoms with Crippen LogP contribution >= 0.6 is 11.6 Å². The van der Waals surface area contributed by atoms with E-state index in [4.69, 9.17) is 11.6 Å². The van der Waals surface area contributed by atoms with Crippen molar-refractivity contribution in [3.63, 3.8) is 0 Å². The molecular weight excluding hydrogens is 252 g/mol. The maximum Gasteiger partial charge on any atom is 0.272 e. The Morgan fingerprint density at radius 2 is 2.00 bits per heavy atom. The molecule has 3 rings (SSSR count). The molecule has 1 N–H and O–H groups in total. The van der Waals surface area contributed by atoms with E-state index in [0.717, 1.165) is 12.8 Å². The second kappa shape index (κ2) is 4.52. The van der Waals surface area contributed by atoms with E-state index in [2.05, 4.69) is 4.98 Å². The van der Waals surface area contributed by atoms with Crippen LogP contribution in [-0.4, -0.2) is 39.1 Å². The summed E-state index contributed by atoms with van der Waals surface area (Å²) in [6.45, 7) is 0. The first kappa shape index (κ1) is 11.9. The lowest BCUT2D eigenvalue weighted by Crippen LogP contribution is -2.48. The van der Waals surface area contributed by atoms with Crippen molar-refractivity contribution >= 4 is 17.5 Å². The number of rotatable bonds is 1. The van der Waals surface area contributed by atoms with E-state index in [1.807, 2.05) is 4.90 Å². The summed E-state index contributed by atoms with van der Waals surface area (Å²) in [6.07, 6.45) is 4.59. The van der Waals surface area contributed by atoms with Crippen LogP contribution in [0.1, 0.15) is 36.2 Å². The van der Waals surface area contributed by atoms with Crippen molar-refractivity contribution in [3.05, 3.63) is 29.0 Å². The topological polar surface area (TPSA) is 53.4 Å². The highest BCUT2D eigenvalue weighted by Gasteiger charge is 2.43. The van der Waals surface area contributed by atoms with Gasteiger partial charge < -0.3 is 10.0 Å². The Morgan fingerprint density at radius 3 is 2.56 bits per heavy atom. The minimum atomic E-state index is -0.260. The van der Waals surface area contributed by atoms with E-state index in [0.29, 0.717) is 23.6 Å². The summed E-state index contributed by atoms with van der Waals surface area (Å²) < 4.78 is 0. The molecule has 18 heavy (non-hydrogen) atoms. The molecule has 4 nitrogen and oxygen atoms in total. The number of hydrogen-bond acceptors (Lipinski definition) is 3. The average molecular weight is 267 g/mol. The minimum absolute atomic E-state index is 0.0360. The van der Waals surface area contributed by atoms with Crippen molar-refractivity contribution in [2.75, 3.05) is 0 Å². The van der Waals surface area contributed by atoms with Crippen LogP contribution in [0.2, 0.25) is 5.02 Å². The number of nitrogens with zero attached hydrogens (tertiary/aromatic N) is 2. The zero-order chi connectivity index (χ0) is 12.7. The van der Waals surface area contributed by atoms with Crippen LogP contribution in [-0.2, 0) is 0 Å². The third-order valence-electron chi connectivity index (χ3n) is 3.89. The fraction of sp³-hybridized carbons (Fsp3) is 0.538. The van der Waals surface area contributed by atoms with E-state index in [1.54, 1.807) is 12.1 Å². The van der Waals surface area contributed by atoms with Gasteiger partial charge in [0.15, 0.2) is 0 Å². The fourth-order valence-corrected chi connectivity index (χ4v) is 3.23. The van der Waals surface area contributed by atoms with Crippen molar-refractivity contribution in [1.82, 2.24) is 9.88 Å². The molecule has 2 aliphatic heterocycles. The van der Waals surface area contributed by atoms with Crippen LogP contribution in [0.5, 0.6) is 0 Å². The molecule has 5 heteroatoms. The quantitative estimate of drug-likeness (QED) is 0.844. The smallest absolute Gasteiger partial charge is 0.272 e. The van der Waals surface area contributed by atoms with E-state index < -0.39 is 0 Å². The number of aliphatic hydroxyl groups excluding tert-OH is 1. The summed E-state index contributed by atoms with van der Waals surface area (Å²) >= 11 is 5.77. The molecule has 2 atom stereocenters. The van der Waals surface area contributed by atoms with Gasteiger partial charge in [0.1, 0.15) is 5.69 Å². The molecule has 0 radical (unpaired) electrons. The van der Waals surface area contributed by atoms with Crippen molar-refractivity contribution in [3.8, 4) is 0 Å². The molecule has 0 saturated carbocycles. The van der Waals surface area contributed by atoms with Crippen LogP contribution in [0.4, 0.5) is 0 Å². The minimum Gasteiger partial charge on any atom is -0.393 e. The molecule has 3 heterocycles. The van der Waals surface area contributed by atoms with Crippen molar-refractivity contribution in [2.24, 2.45) is 0 Å². The first-order chi connectivity index (χ1) is 8.65. The summed E-state index contributed by atoms with van der Waals surface area (Å²) in [5.74, 6) is -0.0360. The molecule has 0 aliphatic carbocycles. The second-order valence-corrected chi connectivity index (χ2v) is 5.52. The summed E-state index contributed by atoms with van der Waals surface area (Å²) in [7, 11) is 0. The van der Waals surface area contributed by atoms with Gasteiger partial charge in [0, 0.05) is 18.3 Å². The number of amides is 1. The van der Waals surface area contributed by atoms with Crippen molar-refractivity contribution in [1.29, 1.82) is 0 Å². The Bertz CT molecular complexity index is 449. The van der Waals surface area contributed by atoms with Gasteiger partial charge in [-0.2, -0.15) is 0 Å². The lowest BCUT2D eigenvalue weighted by atomic mass is 9.99. The van der Waals surface area contributed by atoms with Gasteiger partial charge in [0.25, 0.3) is 5.91 Å². The molecule has 1 aromatic rings. The molecule has 2 unspecified atom stereocenters. The highest BCUT2D eigenvalue weighted by molar-refractivity contribution is 6.30. The number of aromatic nitrogens is 1. The molecule has 2 fully saturated rings. The Kier molecular flexibility index (Phi) is 2.99. The molecule has 96 valence electrons. The standard InChI is InChI=1S/C13H15ClN2O2/c14-8-1-4-12(15-7-8)13(18)16-9-2-3-10(16)6-11(17)5-9/h1,4,7,9-11,17H,2-3,5-6H2. The van der Waals surface area contributed by atoms with Gasteiger partial charge in [-0.1, -0.05) is 11.6 Å². The Hall–Kier alpha value is -1.13. The van der Waals surface area contributed by atoms with E-state index in [-0.39, 0.29) is 24.1 Å². The molecule has 2 bridgehead atoms. The number of pyridine rings is 1. The first-order valence-corrected chi connectivity index (χ1v) is 6.65. The third kappa shape index (κ3) is 1.99. The largest absolute Gasteiger partial charge is 0.393 e. The zero-order valence-electron chi connectivity index (χ0n) is 9.92. The van der Waals surface area contributed by atoms with Crippen LogP contribution in [0.15, 0.2) is 18.3 Å². The molecular formula is C13H15ClN2O2. The average Bonchev–Trinajstić information content (AvgIpc) is 2.62. The highest BCUT2D eigenvalue weighted by Crippen LogP contribution is 2.36. The summed E-state index contributed by atoms with van der Waals surface area (Å²) in [6, 6.07) is 3.69. The second-order valence-electron chi connectivity index (χ2n) is 5.08. The van der Waals surface area contributed by atoms with Gasteiger partial charge in [-0.05, 0) is 37.8 Å².